The van der Waals surface area contributed by atoms with E-state index in [2.05, 4.69) is 21.2 Å². The minimum absolute atomic E-state index is 0.217. The van der Waals surface area contributed by atoms with E-state index in [1.54, 1.807) is 26.6 Å². The van der Waals surface area contributed by atoms with E-state index < -0.39 is 0 Å². The maximum Gasteiger partial charge on any atom is 0.248 e. The molecule has 32 heavy (non-hydrogen) atoms. The number of hydrogen-bond donors (Lipinski definition) is 1. The number of allylic oxidation sites excluding steroid dienone is 1. The highest BCUT2D eigenvalue weighted by Crippen LogP contribution is 2.37. The van der Waals surface area contributed by atoms with Gasteiger partial charge in [0.2, 0.25) is 5.91 Å². The van der Waals surface area contributed by atoms with Crippen LogP contribution < -0.4 is 14.8 Å². The quantitative estimate of drug-likeness (QED) is 0.297. The molecule has 0 aliphatic heterocycles. The van der Waals surface area contributed by atoms with Crippen molar-refractivity contribution in [2.24, 2.45) is 0 Å². The summed E-state index contributed by atoms with van der Waals surface area (Å²) < 4.78 is 17.5. The summed E-state index contributed by atoms with van der Waals surface area (Å²) in [7, 11) is 3.25. The van der Waals surface area contributed by atoms with Gasteiger partial charge in [-0.25, -0.2) is 0 Å². The number of nitrogens with one attached hydrogen (secondary N) is 1. The molecule has 0 saturated carbocycles. The zero-order chi connectivity index (χ0) is 22.7. The second-order valence-corrected chi connectivity index (χ2v) is 8.17. The first kappa shape index (κ1) is 21.7. The van der Waals surface area contributed by atoms with Crippen LogP contribution in [0.15, 0.2) is 81.9 Å². The first-order valence-corrected chi connectivity index (χ1v) is 10.8. The Morgan fingerprint density at radius 3 is 2.50 bits per heavy atom. The fourth-order valence-electron chi connectivity index (χ4n) is 3.55. The van der Waals surface area contributed by atoms with E-state index >= 15 is 0 Å². The molecular formula is C26H22BrNO4. The third kappa shape index (κ3) is 4.55. The highest BCUT2D eigenvalue weighted by molar-refractivity contribution is 9.10. The number of carbonyl (C=O) groups is 1. The van der Waals surface area contributed by atoms with Crippen LogP contribution in [0.5, 0.6) is 11.5 Å². The van der Waals surface area contributed by atoms with Crippen LogP contribution in [-0.4, -0.2) is 20.1 Å². The van der Waals surface area contributed by atoms with Crippen molar-refractivity contribution in [3.8, 4) is 22.6 Å². The molecule has 4 aromatic rings. The van der Waals surface area contributed by atoms with Crippen molar-refractivity contribution in [1.82, 2.24) is 0 Å². The van der Waals surface area contributed by atoms with Gasteiger partial charge in [0, 0.05) is 38.8 Å². The van der Waals surface area contributed by atoms with Gasteiger partial charge in [-0.1, -0.05) is 34.1 Å². The van der Waals surface area contributed by atoms with Crippen molar-refractivity contribution in [3.63, 3.8) is 0 Å². The third-order valence-electron chi connectivity index (χ3n) is 5.16. The Labute approximate surface area is 194 Å². The number of methoxy groups -OCH3 is 2. The van der Waals surface area contributed by atoms with Gasteiger partial charge < -0.3 is 19.2 Å². The first-order chi connectivity index (χ1) is 15.5. The average Bonchev–Trinajstić information content (AvgIpc) is 3.21. The fourth-order valence-corrected chi connectivity index (χ4v) is 3.94. The van der Waals surface area contributed by atoms with E-state index in [-0.39, 0.29) is 5.91 Å². The Morgan fingerprint density at radius 1 is 1.03 bits per heavy atom. The van der Waals surface area contributed by atoms with E-state index in [0.29, 0.717) is 17.0 Å². The summed E-state index contributed by atoms with van der Waals surface area (Å²) >= 11 is 3.41. The molecule has 0 radical (unpaired) electrons. The summed E-state index contributed by atoms with van der Waals surface area (Å²) in [6.07, 6.45) is 3.30. The number of carbonyl (C=O) groups excluding carboxylic acids is 1. The van der Waals surface area contributed by atoms with E-state index in [0.717, 1.165) is 37.9 Å². The molecule has 3 aromatic carbocycles. The SMILES string of the molecule is COc1ccc(-c2coc3cc(OC)c(/C(C)=C/C(=O)Nc4cccc(Br)c4)cc23)cc1. The zero-order valence-corrected chi connectivity index (χ0v) is 19.5. The van der Waals surface area contributed by atoms with Crippen molar-refractivity contribution in [3.05, 3.63) is 83.0 Å². The number of hydrogen-bond acceptors (Lipinski definition) is 4. The second kappa shape index (κ2) is 9.32. The standard InChI is InChI=1S/C26H22BrNO4/c1-16(11-26(29)28-19-6-4-5-18(27)12-19)21-13-22-23(15-32-25(22)14-24(21)31-3)17-7-9-20(30-2)10-8-17/h4-15H,1-3H3,(H,28,29)/b16-11+. The summed E-state index contributed by atoms with van der Waals surface area (Å²) in [6.45, 7) is 1.89. The van der Waals surface area contributed by atoms with Crippen LogP contribution in [0.1, 0.15) is 12.5 Å². The smallest absolute Gasteiger partial charge is 0.248 e. The van der Waals surface area contributed by atoms with Crippen LogP contribution in [0.4, 0.5) is 5.69 Å². The molecule has 0 spiro atoms. The molecule has 5 nitrogen and oxygen atoms in total. The molecular weight excluding hydrogens is 470 g/mol. The summed E-state index contributed by atoms with van der Waals surface area (Å²) in [5, 5.41) is 3.82. The molecule has 0 unspecified atom stereocenters. The third-order valence-corrected chi connectivity index (χ3v) is 5.65. The number of benzene rings is 3. The lowest BCUT2D eigenvalue weighted by Gasteiger charge is -2.10. The Morgan fingerprint density at radius 2 is 1.81 bits per heavy atom. The first-order valence-electron chi connectivity index (χ1n) is 9.97. The van der Waals surface area contributed by atoms with Crippen molar-refractivity contribution in [1.29, 1.82) is 0 Å². The van der Waals surface area contributed by atoms with Crippen molar-refractivity contribution in [2.75, 3.05) is 19.5 Å². The number of rotatable bonds is 6. The van der Waals surface area contributed by atoms with Crippen molar-refractivity contribution >= 4 is 44.1 Å². The van der Waals surface area contributed by atoms with E-state index in [1.165, 1.54) is 0 Å². The Hall–Kier alpha value is -3.51. The molecule has 6 heteroatoms. The van der Waals surface area contributed by atoms with Gasteiger partial charge in [0.25, 0.3) is 0 Å². The minimum atomic E-state index is -0.217. The molecule has 1 N–H and O–H groups in total. The molecule has 1 heterocycles. The molecule has 1 amide bonds. The van der Waals surface area contributed by atoms with Gasteiger partial charge in [-0.2, -0.15) is 0 Å². The molecule has 4 rings (SSSR count). The minimum Gasteiger partial charge on any atom is -0.497 e. The maximum atomic E-state index is 12.6. The van der Waals surface area contributed by atoms with Crippen LogP contribution in [0.2, 0.25) is 0 Å². The second-order valence-electron chi connectivity index (χ2n) is 7.25. The van der Waals surface area contributed by atoms with Gasteiger partial charge >= 0.3 is 0 Å². The molecule has 0 aliphatic carbocycles. The van der Waals surface area contributed by atoms with Gasteiger partial charge in [0.15, 0.2) is 0 Å². The summed E-state index contributed by atoms with van der Waals surface area (Å²) in [5.74, 6) is 1.21. The van der Waals surface area contributed by atoms with Crippen LogP contribution in [-0.2, 0) is 4.79 Å². The van der Waals surface area contributed by atoms with Crippen molar-refractivity contribution < 1.29 is 18.7 Å². The molecule has 0 atom stereocenters. The molecule has 0 bridgehead atoms. The predicted molar refractivity (Wildman–Crippen MR) is 131 cm³/mol. The lowest BCUT2D eigenvalue weighted by Crippen LogP contribution is -2.08. The highest BCUT2D eigenvalue weighted by Gasteiger charge is 2.15. The Bertz CT molecular complexity index is 1310. The molecule has 0 fully saturated rings. The molecule has 0 saturated heterocycles. The summed E-state index contributed by atoms with van der Waals surface area (Å²) in [4.78, 5) is 12.6. The summed E-state index contributed by atoms with van der Waals surface area (Å²) in [6, 6.07) is 19.1. The number of furan rings is 1. The number of amides is 1. The van der Waals surface area contributed by atoms with Gasteiger partial charge in [0.05, 0.1) is 20.5 Å². The van der Waals surface area contributed by atoms with Gasteiger partial charge in [-0.05, 0) is 54.5 Å². The topological polar surface area (TPSA) is 60.7 Å². The van der Waals surface area contributed by atoms with Crippen molar-refractivity contribution in [2.45, 2.75) is 6.92 Å². The van der Waals surface area contributed by atoms with E-state index in [9.17, 15) is 4.79 Å². The number of fused-ring (bicyclic) bond motifs is 1. The van der Waals surface area contributed by atoms with Crippen LogP contribution in [0.3, 0.4) is 0 Å². The van der Waals surface area contributed by atoms with Gasteiger partial charge in [-0.15, -0.1) is 0 Å². The maximum absolute atomic E-state index is 12.6. The number of halogens is 1. The average molecular weight is 492 g/mol. The molecule has 162 valence electrons. The lowest BCUT2D eigenvalue weighted by atomic mass is 9.99. The lowest BCUT2D eigenvalue weighted by molar-refractivity contribution is -0.111. The van der Waals surface area contributed by atoms with E-state index in [1.807, 2.05) is 67.6 Å². The number of anilines is 1. The van der Waals surface area contributed by atoms with Crippen LogP contribution in [0.25, 0.3) is 27.7 Å². The monoisotopic (exact) mass is 491 g/mol. The largest absolute Gasteiger partial charge is 0.497 e. The predicted octanol–water partition coefficient (Wildman–Crippen LogP) is 6.92. The summed E-state index contributed by atoms with van der Waals surface area (Å²) in [5.41, 5.74) is 4.99. The molecule has 1 aromatic heterocycles. The van der Waals surface area contributed by atoms with Gasteiger partial charge in [0.1, 0.15) is 17.1 Å². The molecule has 0 aliphatic rings. The van der Waals surface area contributed by atoms with E-state index in [4.69, 9.17) is 13.9 Å². The Kier molecular flexibility index (Phi) is 6.32. The zero-order valence-electron chi connectivity index (χ0n) is 17.9. The highest BCUT2D eigenvalue weighted by atomic mass is 79.9. The number of ether oxygens (including phenoxy) is 2. The normalized spacial score (nSPS) is 11.4. The van der Waals surface area contributed by atoms with Gasteiger partial charge in [-0.3, -0.25) is 4.79 Å². The fraction of sp³-hybridized carbons (Fsp3) is 0.115. The Balaban J connectivity index is 1.70. The van der Waals surface area contributed by atoms with Crippen LogP contribution in [0, 0.1) is 0 Å². The van der Waals surface area contributed by atoms with Crippen LogP contribution >= 0.6 is 15.9 Å².